The van der Waals surface area contributed by atoms with Gasteiger partial charge >= 0.3 is 0 Å². The van der Waals surface area contributed by atoms with Gasteiger partial charge in [-0.25, -0.2) is 0 Å². The molecule has 6 heteroatoms. The van der Waals surface area contributed by atoms with Gasteiger partial charge in [0.2, 0.25) is 5.91 Å². The number of anilines is 1. The SMILES string of the molecule is NCCC1CC(c2ccc3c(c2)NC(=O)CS3)NN1. The molecule has 1 aromatic carbocycles. The number of fused-ring (bicyclic) bond motifs is 1. The number of carbonyl (C=O) groups excluding carboxylic acids is 1. The summed E-state index contributed by atoms with van der Waals surface area (Å²) in [6.45, 7) is 0.697. The summed E-state index contributed by atoms with van der Waals surface area (Å²) in [5, 5.41) is 2.93. The third-order valence-electron chi connectivity index (χ3n) is 3.54. The average Bonchev–Trinajstić information content (AvgIpc) is 2.87. The largest absolute Gasteiger partial charge is 0.330 e. The van der Waals surface area contributed by atoms with Crippen LogP contribution in [0.1, 0.15) is 24.4 Å². The van der Waals surface area contributed by atoms with Crippen molar-refractivity contribution in [3.05, 3.63) is 23.8 Å². The molecule has 0 bridgehead atoms. The van der Waals surface area contributed by atoms with Crippen molar-refractivity contribution in [3.63, 3.8) is 0 Å². The van der Waals surface area contributed by atoms with Crippen molar-refractivity contribution in [3.8, 4) is 0 Å². The summed E-state index contributed by atoms with van der Waals surface area (Å²) in [7, 11) is 0. The highest BCUT2D eigenvalue weighted by Gasteiger charge is 2.25. The van der Waals surface area contributed by atoms with Crippen LogP contribution in [0.4, 0.5) is 5.69 Å². The third-order valence-corrected chi connectivity index (χ3v) is 4.61. The molecule has 3 rings (SSSR count). The van der Waals surface area contributed by atoms with Gasteiger partial charge in [-0.2, -0.15) is 0 Å². The Morgan fingerprint density at radius 3 is 3.11 bits per heavy atom. The Bertz CT molecular complexity index is 494. The van der Waals surface area contributed by atoms with Crippen molar-refractivity contribution in [2.45, 2.75) is 29.8 Å². The van der Waals surface area contributed by atoms with Crippen LogP contribution < -0.4 is 21.9 Å². The summed E-state index contributed by atoms with van der Waals surface area (Å²) in [5.41, 5.74) is 14.3. The molecule has 1 fully saturated rings. The minimum Gasteiger partial charge on any atom is -0.330 e. The van der Waals surface area contributed by atoms with Crippen molar-refractivity contribution in [2.75, 3.05) is 17.6 Å². The Morgan fingerprint density at radius 2 is 2.26 bits per heavy atom. The lowest BCUT2D eigenvalue weighted by Crippen LogP contribution is -2.32. The second-order valence-corrected chi connectivity index (χ2v) is 5.96. The highest BCUT2D eigenvalue weighted by Crippen LogP contribution is 2.34. The van der Waals surface area contributed by atoms with E-state index in [4.69, 9.17) is 5.73 Å². The molecule has 0 spiro atoms. The number of carbonyl (C=O) groups is 1. The van der Waals surface area contributed by atoms with Gasteiger partial charge in [-0.3, -0.25) is 15.6 Å². The Morgan fingerprint density at radius 1 is 1.37 bits per heavy atom. The Kier molecular flexibility index (Phi) is 3.74. The number of thioether (sulfide) groups is 1. The Labute approximate surface area is 116 Å². The molecule has 2 unspecified atom stereocenters. The second kappa shape index (κ2) is 5.50. The lowest BCUT2D eigenvalue weighted by atomic mass is 10.00. The first kappa shape index (κ1) is 12.9. The van der Waals surface area contributed by atoms with Crippen LogP contribution in [0.3, 0.4) is 0 Å². The maximum absolute atomic E-state index is 11.4. The van der Waals surface area contributed by atoms with Crippen molar-refractivity contribution >= 4 is 23.4 Å². The molecule has 2 aliphatic heterocycles. The number of amides is 1. The minimum absolute atomic E-state index is 0.0770. The lowest BCUT2D eigenvalue weighted by molar-refractivity contribution is -0.113. The molecule has 5 N–H and O–H groups in total. The maximum Gasteiger partial charge on any atom is 0.234 e. The Hall–Kier alpha value is -1.08. The van der Waals surface area contributed by atoms with Crippen LogP contribution in [-0.4, -0.2) is 24.2 Å². The molecule has 0 aromatic heterocycles. The highest BCUT2D eigenvalue weighted by molar-refractivity contribution is 8.00. The summed E-state index contributed by atoms with van der Waals surface area (Å²) >= 11 is 1.59. The van der Waals surface area contributed by atoms with E-state index < -0.39 is 0 Å². The lowest BCUT2D eigenvalue weighted by Gasteiger charge is -2.19. The summed E-state index contributed by atoms with van der Waals surface area (Å²) in [4.78, 5) is 12.6. The van der Waals surface area contributed by atoms with Crippen LogP contribution in [0.5, 0.6) is 0 Å². The van der Waals surface area contributed by atoms with Crippen LogP contribution in [0.2, 0.25) is 0 Å². The molecule has 102 valence electrons. The molecule has 2 heterocycles. The van der Waals surface area contributed by atoms with Gasteiger partial charge in [-0.05, 0) is 37.1 Å². The molecular formula is C13H18N4OS. The third kappa shape index (κ3) is 2.76. The fourth-order valence-electron chi connectivity index (χ4n) is 2.55. The summed E-state index contributed by atoms with van der Waals surface area (Å²) in [5.74, 6) is 0.585. The van der Waals surface area contributed by atoms with Gasteiger partial charge in [0.25, 0.3) is 0 Å². The zero-order chi connectivity index (χ0) is 13.2. The van der Waals surface area contributed by atoms with Gasteiger partial charge in [-0.15, -0.1) is 11.8 Å². The number of nitrogens with one attached hydrogen (secondary N) is 3. The Balaban J connectivity index is 1.75. The second-order valence-electron chi connectivity index (χ2n) is 4.94. The first-order chi connectivity index (χ1) is 9.26. The number of hydrogen-bond acceptors (Lipinski definition) is 5. The van der Waals surface area contributed by atoms with E-state index in [9.17, 15) is 4.79 Å². The van der Waals surface area contributed by atoms with E-state index >= 15 is 0 Å². The van der Waals surface area contributed by atoms with Gasteiger partial charge in [0, 0.05) is 17.0 Å². The molecule has 2 atom stereocenters. The summed E-state index contributed by atoms with van der Waals surface area (Å²) in [6.07, 6.45) is 2.00. The van der Waals surface area contributed by atoms with E-state index in [1.807, 2.05) is 0 Å². The first-order valence-electron chi connectivity index (χ1n) is 6.54. The predicted molar refractivity (Wildman–Crippen MR) is 76.9 cm³/mol. The van der Waals surface area contributed by atoms with E-state index in [0.29, 0.717) is 18.3 Å². The van der Waals surface area contributed by atoms with Crippen molar-refractivity contribution < 1.29 is 4.79 Å². The van der Waals surface area contributed by atoms with Crippen LogP contribution in [0, 0.1) is 0 Å². The number of hydrazine groups is 1. The quantitative estimate of drug-likeness (QED) is 0.663. The van der Waals surface area contributed by atoms with Crippen LogP contribution >= 0.6 is 11.8 Å². The number of nitrogens with two attached hydrogens (primary N) is 1. The van der Waals surface area contributed by atoms with Gasteiger partial charge in [-0.1, -0.05) is 6.07 Å². The maximum atomic E-state index is 11.4. The fraction of sp³-hybridized carbons (Fsp3) is 0.462. The van der Waals surface area contributed by atoms with Crippen LogP contribution in [0.25, 0.3) is 0 Å². The minimum atomic E-state index is 0.0770. The smallest absolute Gasteiger partial charge is 0.234 e. The molecule has 0 aliphatic carbocycles. The molecule has 19 heavy (non-hydrogen) atoms. The molecule has 1 saturated heterocycles. The van der Waals surface area contributed by atoms with E-state index in [-0.39, 0.29) is 11.9 Å². The van der Waals surface area contributed by atoms with Crippen LogP contribution in [0.15, 0.2) is 23.1 Å². The molecule has 1 amide bonds. The van der Waals surface area contributed by atoms with E-state index in [1.54, 1.807) is 11.8 Å². The normalized spacial score (nSPS) is 26.1. The van der Waals surface area contributed by atoms with Crippen molar-refractivity contribution in [1.82, 2.24) is 10.9 Å². The number of hydrogen-bond donors (Lipinski definition) is 4. The molecular weight excluding hydrogens is 260 g/mol. The zero-order valence-electron chi connectivity index (χ0n) is 10.6. The zero-order valence-corrected chi connectivity index (χ0v) is 11.4. The number of benzene rings is 1. The van der Waals surface area contributed by atoms with Gasteiger partial charge in [0.15, 0.2) is 0 Å². The molecule has 5 nitrogen and oxygen atoms in total. The first-order valence-corrected chi connectivity index (χ1v) is 7.52. The summed E-state index contributed by atoms with van der Waals surface area (Å²) < 4.78 is 0. The fourth-order valence-corrected chi connectivity index (χ4v) is 3.34. The average molecular weight is 278 g/mol. The van der Waals surface area contributed by atoms with E-state index in [0.717, 1.165) is 23.4 Å². The van der Waals surface area contributed by atoms with Gasteiger partial charge in [0.05, 0.1) is 11.4 Å². The topological polar surface area (TPSA) is 79.2 Å². The molecule has 0 radical (unpaired) electrons. The molecule has 0 saturated carbocycles. The van der Waals surface area contributed by atoms with Gasteiger partial charge < -0.3 is 11.1 Å². The van der Waals surface area contributed by atoms with Crippen molar-refractivity contribution in [1.29, 1.82) is 0 Å². The standard InChI is InChI=1S/C13H18N4OS/c14-4-3-9-6-10(17-16-9)8-1-2-12-11(5-8)15-13(18)7-19-12/h1-2,5,9-10,16-17H,3-4,6-7,14H2,(H,15,18). The van der Waals surface area contributed by atoms with E-state index in [2.05, 4.69) is 34.4 Å². The summed E-state index contributed by atoms with van der Waals surface area (Å²) in [6, 6.07) is 7.00. The highest BCUT2D eigenvalue weighted by atomic mass is 32.2. The van der Waals surface area contributed by atoms with Gasteiger partial charge in [0.1, 0.15) is 0 Å². The molecule has 1 aromatic rings. The molecule has 2 aliphatic rings. The number of rotatable bonds is 3. The van der Waals surface area contributed by atoms with E-state index in [1.165, 1.54) is 5.56 Å². The van der Waals surface area contributed by atoms with Crippen molar-refractivity contribution in [2.24, 2.45) is 5.73 Å². The monoisotopic (exact) mass is 278 g/mol. The van der Waals surface area contributed by atoms with Crippen LogP contribution in [-0.2, 0) is 4.79 Å². The predicted octanol–water partition coefficient (Wildman–Crippen LogP) is 0.987.